The fourth-order valence-electron chi connectivity index (χ4n) is 1.98. The molecule has 0 bridgehead atoms. The highest BCUT2D eigenvalue weighted by molar-refractivity contribution is 9.10. The number of halogens is 1. The molecule has 0 aliphatic heterocycles. The van der Waals surface area contributed by atoms with Gasteiger partial charge in [-0.1, -0.05) is 12.1 Å². The van der Waals surface area contributed by atoms with Gasteiger partial charge in [0.2, 0.25) is 0 Å². The number of anilines is 1. The summed E-state index contributed by atoms with van der Waals surface area (Å²) in [5.41, 5.74) is 3.12. The third-order valence-corrected chi connectivity index (χ3v) is 3.37. The lowest BCUT2D eigenvalue weighted by Crippen LogP contribution is -2.24. The standard InChI is InChI=1S/C15H17BrN2O/c1-11-4-3-5-14(8-11)17-6-7-18-10-13(16)9-12(2)15(18)19/h3-5,8-10,17H,6-7H2,1-2H3. The molecule has 1 N–H and O–H groups in total. The maximum Gasteiger partial charge on any atom is 0.253 e. The number of aryl methyl sites for hydroxylation is 2. The Morgan fingerprint density at radius 2 is 2.05 bits per heavy atom. The van der Waals surface area contributed by atoms with Gasteiger partial charge < -0.3 is 9.88 Å². The molecule has 1 aromatic carbocycles. The summed E-state index contributed by atoms with van der Waals surface area (Å²) in [6.45, 7) is 5.26. The minimum absolute atomic E-state index is 0.0641. The van der Waals surface area contributed by atoms with Crippen LogP contribution in [0.25, 0.3) is 0 Å². The fraction of sp³-hybridized carbons (Fsp3) is 0.267. The molecule has 0 atom stereocenters. The van der Waals surface area contributed by atoms with E-state index in [1.165, 1.54) is 5.56 Å². The molecule has 0 fully saturated rings. The van der Waals surface area contributed by atoms with Crippen LogP contribution in [-0.4, -0.2) is 11.1 Å². The van der Waals surface area contributed by atoms with Crippen molar-refractivity contribution in [2.75, 3.05) is 11.9 Å². The van der Waals surface area contributed by atoms with Gasteiger partial charge in [-0.3, -0.25) is 4.79 Å². The second-order valence-electron chi connectivity index (χ2n) is 4.64. The summed E-state index contributed by atoms with van der Waals surface area (Å²) in [4.78, 5) is 11.9. The molecular weight excluding hydrogens is 304 g/mol. The molecule has 100 valence electrons. The van der Waals surface area contributed by atoms with Crippen molar-refractivity contribution in [3.63, 3.8) is 0 Å². The van der Waals surface area contributed by atoms with Crippen LogP contribution in [-0.2, 0) is 6.54 Å². The zero-order valence-electron chi connectivity index (χ0n) is 11.1. The summed E-state index contributed by atoms with van der Waals surface area (Å²) in [5, 5.41) is 3.33. The summed E-state index contributed by atoms with van der Waals surface area (Å²) >= 11 is 3.41. The predicted molar refractivity (Wildman–Crippen MR) is 82.8 cm³/mol. The second kappa shape index (κ2) is 6.06. The van der Waals surface area contributed by atoms with Crippen LogP contribution in [0.4, 0.5) is 5.69 Å². The largest absolute Gasteiger partial charge is 0.383 e. The smallest absolute Gasteiger partial charge is 0.253 e. The maximum atomic E-state index is 11.9. The van der Waals surface area contributed by atoms with E-state index in [2.05, 4.69) is 40.3 Å². The summed E-state index contributed by atoms with van der Waals surface area (Å²) in [5.74, 6) is 0. The Morgan fingerprint density at radius 3 is 2.79 bits per heavy atom. The normalized spacial score (nSPS) is 10.5. The molecule has 0 aliphatic rings. The quantitative estimate of drug-likeness (QED) is 0.937. The molecule has 4 heteroatoms. The van der Waals surface area contributed by atoms with Crippen LogP contribution < -0.4 is 10.9 Å². The molecule has 0 spiro atoms. The molecular formula is C15H17BrN2O. The molecule has 0 aliphatic carbocycles. The van der Waals surface area contributed by atoms with Crippen LogP contribution >= 0.6 is 15.9 Å². The molecule has 2 rings (SSSR count). The highest BCUT2D eigenvalue weighted by atomic mass is 79.9. The minimum Gasteiger partial charge on any atom is -0.383 e. The van der Waals surface area contributed by atoms with Crippen LogP contribution in [0, 0.1) is 13.8 Å². The Labute approximate surface area is 121 Å². The van der Waals surface area contributed by atoms with Gasteiger partial charge >= 0.3 is 0 Å². The zero-order chi connectivity index (χ0) is 13.8. The van der Waals surface area contributed by atoms with Gasteiger partial charge in [0, 0.05) is 35.0 Å². The van der Waals surface area contributed by atoms with Crippen LogP contribution in [0.15, 0.2) is 45.8 Å². The van der Waals surface area contributed by atoms with E-state index in [1.54, 1.807) is 4.57 Å². The fourth-order valence-corrected chi connectivity index (χ4v) is 2.57. The molecule has 1 aromatic heterocycles. The van der Waals surface area contributed by atoms with Crippen molar-refractivity contribution >= 4 is 21.6 Å². The summed E-state index contributed by atoms with van der Waals surface area (Å²) < 4.78 is 2.66. The number of hydrogen-bond donors (Lipinski definition) is 1. The Bertz CT molecular complexity index is 634. The first-order valence-corrected chi connectivity index (χ1v) is 7.03. The number of benzene rings is 1. The first-order valence-electron chi connectivity index (χ1n) is 6.23. The second-order valence-corrected chi connectivity index (χ2v) is 5.55. The molecule has 3 nitrogen and oxygen atoms in total. The third kappa shape index (κ3) is 3.70. The van der Waals surface area contributed by atoms with Gasteiger partial charge in [0.25, 0.3) is 5.56 Å². The molecule has 0 amide bonds. The van der Waals surface area contributed by atoms with Crippen molar-refractivity contribution in [2.24, 2.45) is 0 Å². The number of rotatable bonds is 4. The van der Waals surface area contributed by atoms with Gasteiger partial charge in [-0.25, -0.2) is 0 Å². The van der Waals surface area contributed by atoms with E-state index < -0.39 is 0 Å². The van der Waals surface area contributed by atoms with Crippen LogP contribution in [0.2, 0.25) is 0 Å². The van der Waals surface area contributed by atoms with E-state index in [0.29, 0.717) is 6.54 Å². The average Bonchev–Trinajstić information content (AvgIpc) is 2.35. The average molecular weight is 321 g/mol. The van der Waals surface area contributed by atoms with Gasteiger partial charge in [0.1, 0.15) is 0 Å². The number of pyridine rings is 1. The van der Waals surface area contributed by atoms with Crippen LogP contribution in [0.5, 0.6) is 0 Å². The lowest BCUT2D eigenvalue weighted by molar-refractivity contribution is 0.690. The van der Waals surface area contributed by atoms with E-state index in [-0.39, 0.29) is 5.56 Å². The zero-order valence-corrected chi connectivity index (χ0v) is 12.7. The maximum absolute atomic E-state index is 11.9. The van der Waals surface area contributed by atoms with Crippen molar-refractivity contribution < 1.29 is 0 Å². The van der Waals surface area contributed by atoms with Crippen molar-refractivity contribution in [3.8, 4) is 0 Å². The monoisotopic (exact) mass is 320 g/mol. The number of hydrogen-bond acceptors (Lipinski definition) is 2. The minimum atomic E-state index is 0.0641. The molecule has 0 saturated heterocycles. The Kier molecular flexibility index (Phi) is 4.43. The highest BCUT2D eigenvalue weighted by Gasteiger charge is 2.01. The van der Waals surface area contributed by atoms with Crippen molar-refractivity contribution in [3.05, 3.63) is 62.5 Å². The van der Waals surface area contributed by atoms with E-state index in [0.717, 1.165) is 22.3 Å². The lowest BCUT2D eigenvalue weighted by atomic mass is 10.2. The number of aromatic nitrogens is 1. The summed E-state index contributed by atoms with van der Waals surface area (Å²) in [6, 6.07) is 10.0. The van der Waals surface area contributed by atoms with Crippen LogP contribution in [0.3, 0.4) is 0 Å². The van der Waals surface area contributed by atoms with Crippen molar-refractivity contribution in [2.45, 2.75) is 20.4 Å². The lowest BCUT2D eigenvalue weighted by Gasteiger charge is -2.10. The molecule has 1 heterocycles. The molecule has 0 radical (unpaired) electrons. The number of nitrogens with one attached hydrogen (secondary N) is 1. The van der Waals surface area contributed by atoms with Gasteiger partial charge in [-0.15, -0.1) is 0 Å². The number of nitrogens with zero attached hydrogens (tertiary/aromatic N) is 1. The first kappa shape index (κ1) is 13.9. The van der Waals surface area contributed by atoms with E-state index in [4.69, 9.17) is 0 Å². The summed E-state index contributed by atoms with van der Waals surface area (Å²) in [6.07, 6.45) is 1.83. The van der Waals surface area contributed by atoms with Gasteiger partial charge in [-0.05, 0) is 53.5 Å². The Hall–Kier alpha value is -1.55. The Balaban J connectivity index is 2.02. The van der Waals surface area contributed by atoms with Gasteiger partial charge in [-0.2, -0.15) is 0 Å². The van der Waals surface area contributed by atoms with E-state index in [9.17, 15) is 4.79 Å². The van der Waals surface area contributed by atoms with Crippen molar-refractivity contribution in [1.82, 2.24) is 4.57 Å². The molecule has 2 aromatic rings. The van der Waals surface area contributed by atoms with E-state index >= 15 is 0 Å². The van der Waals surface area contributed by atoms with Gasteiger partial charge in [0.15, 0.2) is 0 Å². The van der Waals surface area contributed by atoms with Crippen LogP contribution in [0.1, 0.15) is 11.1 Å². The molecule has 19 heavy (non-hydrogen) atoms. The third-order valence-electron chi connectivity index (χ3n) is 2.93. The predicted octanol–water partition coefficient (Wildman–Crippen LogP) is 3.34. The van der Waals surface area contributed by atoms with Gasteiger partial charge in [0.05, 0.1) is 0 Å². The Morgan fingerprint density at radius 1 is 1.26 bits per heavy atom. The first-order chi connectivity index (χ1) is 9.06. The SMILES string of the molecule is Cc1cccc(NCCn2cc(Br)cc(C)c2=O)c1. The van der Waals surface area contributed by atoms with E-state index in [1.807, 2.05) is 31.3 Å². The molecule has 0 saturated carbocycles. The summed E-state index contributed by atoms with van der Waals surface area (Å²) in [7, 11) is 0. The van der Waals surface area contributed by atoms with Crippen molar-refractivity contribution in [1.29, 1.82) is 0 Å². The topological polar surface area (TPSA) is 34.0 Å². The molecule has 0 unspecified atom stereocenters. The highest BCUT2D eigenvalue weighted by Crippen LogP contribution is 2.10.